The van der Waals surface area contributed by atoms with Crippen LogP contribution in [-0.2, 0) is 0 Å². The van der Waals surface area contributed by atoms with Gasteiger partial charge in [0.25, 0.3) is 0 Å². The van der Waals surface area contributed by atoms with Crippen molar-refractivity contribution in [3.63, 3.8) is 0 Å². The molecule has 0 bridgehead atoms. The Kier molecular flexibility index (Phi) is 1.18. The van der Waals surface area contributed by atoms with Crippen molar-refractivity contribution in [3.8, 4) is 11.5 Å². The van der Waals surface area contributed by atoms with Crippen molar-refractivity contribution >= 4 is 0 Å². The van der Waals surface area contributed by atoms with Crippen LogP contribution in [0, 0.1) is 0 Å². The molecule has 4 heteroatoms. The molecule has 0 saturated carbocycles. The van der Waals surface area contributed by atoms with Crippen LogP contribution in [0.15, 0.2) is 33.8 Å². The minimum atomic E-state index is -0.521. The number of aromatic nitrogens is 2. The molecule has 2 rings (SSSR count). The van der Waals surface area contributed by atoms with Gasteiger partial charge in [-0.25, -0.2) is 4.79 Å². The van der Waals surface area contributed by atoms with E-state index in [-0.39, 0.29) is 0 Å². The van der Waals surface area contributed by atoms with Crippen molar-refractivity contribution in [2.75, 3.05) is 0 Å². The lowest BCUT2D eigenvalue weighted by atomic mass is 10.3. The molecule has 0 radical (unpaired) electrons. The minimum Gasteiger partial charge on any atom is -0.446 e. The third kappa shape index (κ3) is 0.980. The van der Waals surface area contributed by atoms with E-state index < -0.39 is 5.69 Å². The zero-order valence-corrected chi connectivity index (χ0v) is 5.52. The van der Waals surface area contributed by atoms with Gasteiger partial charge in [-0.3, -0.25) is 0 Å². The molecule has 11 heavy (non-hydrogen) atoms. The summed E-state index contributed by atoms with van der Waals surface area (Å²) >= 11 is 0. The Bertz CT molecular complexity index is 396. The topological polar surface area (TPSA) is 56.0 Å². The van der Waals surface area contributed by atoms with Crippen molar-refractivity contribution in [3.05, 3.63) is 35.1 Å². The van der Waals surface area contributed by atoms with Crippen LogP contribution in [-0.4, -0.2) is 9.97 Å². The minimum absolute atomic E-state index is 0.326. The monoisotopic (exact) mass is 148 g/mol. The molecule has 0 amide bonds. The highest BCUT2D eigenvalue weighted by Gasteiger charge is 2.03. The maximum Gasteiger partial charge on any atom is 0.370 e. The molecule has 4 nitrogen and oxygen atoms in total. The van der Waals surface area contributed by atoms with Crippen LogP contribution in [0.1, 0.15) is 0 Å². The van der Waals surface area contributed by atoms with E-state index in [4.69, 9.17) is 4.42 Å². The van der Waals surface area contributed by atoms with Crippen LogP contribution in [0.2, 0.25) is 0 Å². The Morgan fingerprint density at radius 2 is 2.36 bits per heavy atom. The van der Waals surface area contributed by atoms with Gasteiger partial charge >= 0.3 is 5.69 Å². The predicted octanol–water partition coefficient (Wildman–Crippen LogP) is 0.535. The Morgan fingerprint density at radius 1 is 1.45 bits per heavy atom. The first-order valence-corrected chi connectivity index (χ1v) is 3.07. The Morgan fingerprint density at radius 3 is 3.27 bits per heavy atom. The second-order valence-corrected chi connectivity index (χ2v) is 2.03. The van der Waals surface area contributed by atoms with Gasteiger partial charge in [-0.1, -0.05) is 0 Å². The molecule has 0 atom stereocenters. The molecule has 2 heterocycles. The lowest BCUT2D eigenvalue weighted by Gasteiger charge is -1.96. The third-order valence-electron chi connectivity index (χ3n) is 1.29. The third-order valence-corrected chi connectivity index (χ3v) is 1.29. The number of hydrogen-bond acceptors (Lipinski definition) is 4. The SMILES string of the molecule is O=c1ncc2cccoc-2n1. The lowest BCUT2D eigenvalue weighted by Crippen LogP contribution is -2.10. The number of rotatable bonds is 0. The van der Waals surface area contributed by atoms with Crippen LogP contribution >= 0.6 is 0 Å². The van der Waals surface area contributed by atoms with Gasteiger partial charge < -0.3 is 4.42 Å². The standard InChI is InChI=1S/C7H4N2O2/c10-7-8-4-5-2-1-3-11-6(5)9-7/h1-4H. The Balaban J connectivity index is 2.84. The summed E-state index contributed by atoms with van der Waals surface area (Å²) in [5, 5.41) is 0. The second kappa shape index (κ2) is 2.16. The molecule has 54 valence electrons. The van der Waals surface area contributed by atoms with E-state index in [0.29, 0.717) is 5.89 Å². The molecular formula is C7H4N2O2. The van der Waals surface area contributed by atoms with Gasteiger partial charge in [0, 0.05) is 6.20 Å². The van der Waals surface area contributed by atoms with E-state index in [2.05, 4.69) is 9.97 Å². The van der Waals surface area contributed by atoms with E-state index in [1.165, 1.54) is 12.5 Å². The van der Waals surface area contributed by atoms with Gasteiger partial charge in [-0.15, -0.1) is 0 Å². The fourth-order valence-electron chi connectivity index (χ4n) is 0.816. The van der Waals surface area contributed by atoms with Gasteiger partial charge in [0.1, 0.15) is 0 Å². The first kappa shape index (κ1) is 6.03. The molecule has 2 aliphatic rings. The normalized spacial score (nSPS) is 10.2. The van der Waals surface area contributed by atoms with Gasteiger partial charge in [-0.05, 0) is 12.1 Å². The fraction of sp³-hybridized carbons (Fsp3) is 0. The molecule has 0 spiro atoms. The van der Waals surface area contributed by atoms with Crippen LogP contribution < -0.4 is 5.69 Å². The molecule has 0 fully saturated rings. The van der Waals surface area contributed by atoms with Gasteiger partial charge in [-0.2, -0.15) is 9.97 Å². The van der Waals surface area contributed by atoms with Crippen LogP contribution in [0.4, 0.5) is 0 Å². The Hall–Kier alpha value is -1.71. The lowest BCUT2D eigenvalue weighted by molar-refractivity contribution is 0.543. The summed E-state index contributed by atoms with van der Waals surface area (Å²) < 4.78 is 4.94. The van der Waals surface area contributed by atoms with Crippen LogP contribution in [0.5, 0.6) is 0 Å². The average Bonchev–Trinajstić information content (AvgIpc) is 2.04. The molecular weight excluding hydrogens is 144 g/mol. The molecule has 0 N–H and O–H groups in total. The van der Waals surface area contributed by atoms with Crippen molar-refractivity contribution in [2.45, 2.75) is 0 Å². The molecule has 0 aromatic heterocycles. The maximum absolute atomic E-state index is 10.6. The smallest absolute Gasteiger partial charge is 0.370 e. The van der Waals surface area contributed by atoms with E-state index in [9.17, 15) is 4.79 Å². The fourth-order valence-corrected chi connectivity index (χ4v) is 0.816. The van der Waals surface area contributed by atoms with Crippen LogP contribution in [0.3, 0.4) is 0 Å². The van der Waals surface area contributed by atoms with Gasteiger partial charge in [0.05, 0.1) is 11.8 Å². The highest BCUT2D eigenvalue weighted by molar-refractivity contribution is 5.50. The highest BCUT2D eigenvalue weighted by Crippen LogP contribution is 2.13. The van der Waals surface area contributed by atoms with Gasteiger partial charge in [0.2, 0.25) is 5.89 Å². The van der Waals surface area contributed by atoms with E-state index >= 15 is 0 Å². The van der Waals surface area contributed by atoms with Crippen LogP contribution in [0.25, 0.3) is 11.5 Å². The van der Waals surface area contributed by atoms with E-state index in [0.717, 1.165) is 5.56 Å². The maximum atomic E-state index is 10.6. The van der Waals surface area contributed by atoms with Crippen molar-refractivity contribution in [1.82, 2.24) is 9.97 Å². The van der Waals surface area contributed by atoms with E-state index in [1.54, 1.807) is 12.1 Å². The van der Waals surface area contributed by atoms with Gasteiger partial charge in [0.15, 0.2) is 0 Å². The summed E-state index contributed by atoms with van der Waals surface area (Å²) in [4.78, 5) is 17.6. The zero-order valence-electron chi connectivity index (χ0n) is 5.52. The molecule has 0 aromatic carbocycles. The largest absolute Gasteiger partial charge is 0.446 e. The summed E-state index contributed by atoms with van der Waals surface area (Å²) in [6.45, 7) is 0. The van der Waals surface area contributed by atoms with Crippen molar-refractivity contribution < 1.29 is 4.42 Å². The summed E-state index contributed by atoms with van der Waals surface area (Å²) in [5.41, 5.74) is 0.208. The number of nitrogens with zero attached hydrogens (tertiary/aromatic N) is 2. The molecule has 0 aliphatic carbocycles. The summed E-state index contributed by atoms with van der Waals surface area (Å²) in [6.07, 6.45) is 2.91. The summed E-state index contributed by atoms with van der Waals surface area (Å²) in [6, 6.07) is 3.49. The summed E-state index contributed by atoms with van der Waals surface area (Å²) in [5.74, 6) is 0.326. The Labute approximate surface area is 61.9 Å². The molecule has 2 aliphatic heterocycles. The second-order valence-electron chi connectivity index (χ2n) is 2.03. The average molecular weight is 148 g/mol. The first-order valence-electron chi connectivity index (χ1n) is 3.07. The predicted molar refractivity (Wildman–Crippen MR) is 37.2 cm³/mol. The highest BCUT2D eigenvalue weighted by atomic mass is 16.3. The zero-order chi connectivity index (χ0) is 7.68. The van der Waals surface area contributed by atoms with Crippen molar-refractivity contribution in [1.29, 1.82) is 0 Å². The summed E-state index contributed by atoms with van der Waals surface area (Å²) in [7, 11) is 0. The quantitative estimate of drug-likeness (QED) is 0.547. The number of fused-ring (bicyclic) bond motifs is 1. The molecule has 0 unspecified atom stereocenters. The first-order chi connectivity index (χ1) is 5.36. The van der Waals surface area contributed by atoms with Crippen molar-refractivity contribution in [2.24, 2.45) is 0 Å². The molecule has 0 aromatic rings. The molecule has 0 saturated heterocycles. The van der Waals surface area contributed by atoms with E-state index in [1.807, 2.05) is 0 Å². The number of hydrogen-bond donors (Lipinski definition) is 0.